The van der Waals surface area contributed by atoms with Gasteiger partial charge in [0.15, 0.2) is 5.65 Å². The molecule has 3 nitrogen and oxygen atoms in total. The minimum atomic E-state index is 0.595. The second-order valence-corrected chi connectivity index (χ2v) is 2.77. The summed E-state index contributed by atoms with van der Waals surface area (Å²) in [5, 5.41) is 4.53. The summed E-state index contributed by atoms with van der Waals surface area (Å²) in [6, 6.07) is 3.78. The molecule has 0 N–H and O–H groups in total. The lowest BCUT2D eigenvalue weighted by atomic mass is 10.3. The topological polar surface area (TPSA) is 30.2 Å². The van der Waals surface area contributed by atoms with E-state index >= 15 is 0 Å². The van der Waals surface area contributed by atoms with Crippen LogP contribution < -0.4 is 0 Å². The lowest BCUT2D eigenvalue weighted by Gasteiger charge is -1.96. The van der Waals surface area contributed by atoms with E-state index in [-0.39, 0.29) is 0 Å². The molecule has 2 aromatic heterocycles. The Morgan fingerprint density at radius 3 is 3.09 bits per heavy atom. The summed E-state index contributed by atoms with van der Waals surface area (Å²) in [6.07, 6.45) is 1.49. The van der Waals surface area contributed by atoms with Crippen molar-refractivity contribution in [1.82, 2.24) is 14.6 Å². The van der Waals surface area contributed by atoms with Crippen molar-refractivity contribution in [1.29, 1.82) is 0 Å². The first-order valence-electron chi connectivity index (χ1n) is 3.23. The van der Waals surface area contributed by atoms with Gasteiger partial charge in [-0.15, -0.1) is 0 Å². The van der Waals surface area contributed by atoms with Gasteiger partial charge in [0.05, 0.1) is 0 Å². The molecule has 0 amide bonds. The highest BCUT2D eigenvalue weighted by molar-refractivity contribution is 6.29. The van der Waals surface area contributed by atoms with Gasteiger partial charge in [-0.25, -0.2) is 9.50 Å². The Morgan fingerprint density at radius 1 is 1.45 bits per heavy atom. The van der Waals surface area contributed by atoms with Crippen molar-refractivity contribution in [3.63, 3.8) is 0 Å². The Hall–Kier alpha value is -1.09. The van der Waals surface area contributed by atoms with Crippen LogP contribution in [0.25, 0.3) is 5.65 Å². The van der Waals surface area contributed by atoms with Gasteiger partial charge in [-0.05, 0) is 24.6 Å². The summed E-state index contributed by atoms with van der Waals surface area (Å²) in [7, 11) is 0. The zero-order valence-corrected chi connectivity index (χ0v) is 6.71. The second kappa shape index (κ2) is 2.20. The van der Waals surface area contributed by atoms with Crippen molar-refractivity contribution in [2.45, 2.75) is 6.92 Å². The molecule has 0 aliphatic carbocycles. The summed E-state index contributed by atoms with van der Waals surface area (Å²) >= 11 is 5.86. The van der Waals surface area contributed by atoms with E-state index in [2.05, 4.69) is 10.1 Å². The first kappa shape index (κ1) is 6.61. The van der Waals surface area contributed by atoms with E-state index < -0.39 is 0 Å². The fourth-order valence-electron chi connectivity index (χ4n) is 1.01. The number of aromatic nitrogens is 3. The van der Waals surface area contributed by atoms with E-state index in [1.807, 2.05) is 19.1 Å². The molecule has 0 saturated carbocycles. The van der Waals surface area contributed by atoms with Gasteiger partial charge in [0.1, 0.15) is 11.5 Å². The summed E-state index contributed by atoms with van der Waals surface area (Å²) in [4.78, 5) is 4.01. The maximum atomic E-state index is 5.86. The van der Waals surface area contributed by atoms with E-state index in [1.165, 1.54) is 6.33 Å². The van der Waals surface area contributed by atoms with Crippen LogP contribution in [0.1, 0.15) is 5.56 Å². The Kier molecular flexibility index (Phi) is 1.32. The quantitative estimate of drug-likeness (QED) is 0.559. The molecule has 0 aliphatic heterocycles. The van der Waals surface area contributed by atoms with E-state index in [4.69, 9.17) is 11.6 Å². The van der Waals surface area contributed by atoms with Gasteiger partial charge in [-0.1, -0.05) is 11.6 Å². The molecule has 0 spiro atoms. The van der Waals surface area contributed by atoms with Gasteiger partial charge in [0.25, 0.3) is 0 Å². The van der Waals surface area contributed by atoms with Crippen LogP contribution in [-0.4, -0.2) is 14.6 Å². The molecule has 2 aromatic rings. The van der Waals surface area contributed by atoms with Gasteiger partial charge >= 0.3 is 0 Å². The molecule has 4 heteroatoms. The minimum Gasteiger partial charge on any atom is -0.215 e. The SMILES string of the molecule is Cc1cc(Cl)n2ncnc2c1. The third kappa shape index (κ3) is 0.973. The molecule has 2 rings (SSSR count). The summed E-state index contributed by atoms with van der Waals surface area (Å²) in [5.41, 5.74) is 1.88. The Labute approximate surface area is 68.6 Å². The zero-order chi connectivity index (χ0) is 7.84. The third-order valence-corrected chi connectivity index (χ3v) is 1.75. The smallest absolute Gasteiger partial charge is 0.157 e. The van der Waals surface area contributed by atoms with Crippen LogP contribution in [0.4, 0.5) is 0 Å². The molecule has 2 heterocycles. The maximum Gasteiger partial charge on any atom is 0.157 e. The molecule has 0 bridgehead atoms. The molecule has 0 atom stereocenters. The van der Waals surface area contributed by atoms with Crippen LogP contribution in [0.5, 0.6) is 0 Å². The summed E-state index contributed by atoms with van der Waals surface area (Å²) < 4.78 is 1.59. The maximum absolute atomic E-state index is 5.86. The lowest BCUT2D eigenvalue weighted by Crippen LogP contribution is -1.89. The van der Waals surface area contributed by atoms with Crippen LogP contribution in [0, 0.1) is 6.92 Å². The van der Waals surface area contributed by atoms with Gasteiger partial charge in [-0.2, -0.15) is 5.10 Å². The highest BCUT2D eigenvalue weighted by atomic mass is 35.5. The molecular weight excluding hydrogens is 162 g/mol. The highest BCUT2D eigenvalue weighted by Crippen LogP contribution is 2.12. The minimum absolute atomic E-state index is 0.595. The third-order valence-electron chi connectivity index (χ3n) is 1.48. The molecule has 0 fully saturated rings. The fourth-order valence-corrected chi connectivity index (χ4v) is 1.31. The predicted molar refractivity (Wildman–Crippen MR) is 42.7 cm³/mol. The number of aryl methyl sites for hydroxylation is 1. The van der Waals surface area contributed by atoms with Gasteiger partial charge in [-0.3, -0.25) is 0 Å². The first-order valence-corrected chi connectivity index (χ1v) is 3.61. The van der Waals surface area contributed by atoms with Gasteiger partial charge < -0.3 is 0 Å². The summed E-state index contributed by atoms with van der Waals surface area (Å²) in [6.45, 7) is 1.97. The highest BCUT2D eigenvalue weighted by Gasteiger charge is 1.99. The Bertz CT molecular complexity index is 393. The molecule has 0 aliphatic rings. The fraction of sp³-hybridized carbons (Fsp3) is 0.143. The van der Waals surface area contributed by atoms with E-state index in [0.29, 0.717) is 5.15 Å². The number of pyridine rings is 1. The molecule has 0 unspecified atom stereocenters. The van der Waals surface area contributed by atoms with E-state index in [9.17, 15) is 0 Å². The lowest BCUT2D eigenvalue weighted by molar-refractivity contribution is 0.958. The standard InChI is InChI=1S/C7H6ClN3/c1-5-2-6(8)11-7(3-5)9-4-10-11/h2-4H,1H3. The van der Waals surface area contributed by atoms with E-state index in [0.717, 1.165) is 11.2 Å². The Balaban J connectivity index is 2.91. The number of hydrogen-bond donors (Lipinski definition) is 0. The Morgan fingerprint density at radius 2 is 2.27 bits per heavy atom. The van der Waals surface area contributed by atoms with Crippen LogP contribution >= 0.6 is 11.6 Å². The second-order valence-electron chi connectivity index (χ2n) is 2.39. The van der Waals surface area contributed by atoms with Gasteiger partial charge in [0, 0.05) is 0 Å². The van der Waals surface area contributed by atoms with Crippen molar-refractivity contribution in [3.05, 3.63) is 29.2 Å². The van der Waals surface area contributed by atoms with Crippen LogP contribution in [0.15, 0.2) is 18.5 Å². The van der Waals surface area contributed by atoms with Crippen molar-refractivity contribution >= 4 is 17.2 Å². The molecule has 11 heavy (non-hydrogen) atoms. The molecule has 0 aromatic carbocycles. The summed E-state index contributed by atoms with van der Waals surface area (Å²) in [5.74, 6) is 0. The van der Waals surface area contributed by atoms with Crippen molar-refractivity contribution in [2.75, 3.05) is 0 Å². The molecule has 0 saturated heterocycles. The molecule has 56 valence electrons. The van der Waals surface area contributed by atoms with Crippen molar-refractivity contribution in [3.8, 4) is 0 Å². The van der Waals surface area contributed by atoms with Crippen LogP contribution in [0.3, 0.4) is 0 Å². The number of fused-ring (bicyclic) bond motifs is 1. The average molecular weight is 168 g/mol. The largest absolute Gasteiger partial charge is 0.215 e. The number of hydrogen-bond acceptors (Lipinski definition) is 2. The number of nitrogens with zero attached hydrogens (tertiary/aromatic N) is 3. The van der Waals surface area contributed by atoms with Crippen molar-refractivity contribution in [2.24, 2.45) is 0 Å². The first-order chi connectivity index (χ1) is 5.27. The van der Waals surface area contributed by atoms with Gasteiger partial charge in [0.2, 0.25) is 0 Å². The molecule has 0 radical (unpaired) electrons. The molecular formula is C7H6ClN3. The van der Waals surface area contributed by atoms with Crippen LogP contribution in [-0.2, 0) is 0 Å². The monoisotopic (exact) mass is 167 g/mol. The normalized spacial score (nSPS) is 10.7. The predicted octanol–water partition coefficient (Wildman–Crippen LogP) is 1.69. The number of rotatable bonds is 0. The van der Waals surface area contributed by atoms with Crippen LogP contribution in [0.2, 0.25) is 5.15 Å². The van der Waals surface area contributed by atoms with Crippen molar-refractivity contribution < 1.29 is 0 Å². The number of halogens is 1. The average Bonchev–Trinajstić information content (AvgIpc) is 2.34. The van der Waals surface area contributed by atoms with E-state index in [1.54, 1.807) is 4.52 Å². The zero-order valence-electron chi connectivity index (χ0n) is 5.95.